The van der Waals surface area contributed by atoms with Crippen LogP contribution in [0.5, 0.6) is 0 Å². The molecule has 0 bridgehead atoms. The molecule has 0 spiro atoms. The Hall–Kier alpha value is -1.68. The summed E-state index contributed by atoms with van der Waals surface area (Å²) in [6, 6.07) is 7.84. The number of hydrogen-bond acceptors (Lipinski definition) is 4. The summed E-state index contributed by atoms with van der Waals surface area (Å²) in [5.74, 6) is 1.00. The Kier molecular flexibility index (Phi) is 3.22. The van der Waals surface area contributed by atoms with Gasteiger partial charge in [-0.15, -0.1) is 10.2 Å². The molecule has 0 aliphatic rings. The minimum atomic E-state index is -0.243. The highest BCUT2D eigenvalue weighted by atomic mass is 16.4. The Morgan fingerprint density at radius 1 is 1.17 bits per heavy atom. The van der Waals surface area contributed by atoms with Gasteiger partial charge in [-0.2, -0.15) is 0 Å². The Morgan fingerprint density at radius 2 is 1.83 bits per heavy atom. The van der Waals surface area contributed by atoms with Crippen molar-refractivity contribution < 1.29 is 4.42 Å². The molecule has 0 aliphatic carbocycles. The van der Waals surface area contributed by atoms with Crippen molar-refractivity contribution >= 4 is 0 Å². The Balaban J connectivity index is 2.50. The average Bonchev–Trinajstić information content (AvgIpc) is 2.77. The van der Waals surface area contributed by atoms with Gasteiger partial charge in [0.1, 0.15) is 0 Å². The molecule has 0 saturated carbocycles. The van der Waals surface area contributed by atoms with Crippen molar-refractivity contribution in [2.24, 2.45) is 5.73 Å². The van der Waals surface area contributed by atoms with Gasteiger partial charge in [-0.3, -0.25) is 0 Å². The second kappa shape index (κ2) is 4.53. The molecule has 1 aromatic heterocycles. The summed E-state index contributed by atoms with van der Waals surface area (Å²) in [4.78, 5) is 0. The van der Waals surface area contributed by atoms with Gasteiger partial charge in [0.05, 0.1) is 6.04 Å². The first-order valence-electron chi connectivity index (χ1n) is 6.08. The average molecular weight is 245 g/mol. The molecule has 18 heavy (non-hydrogen) atoms. The molecule has 0 saturated heterocycles. The number of rotatable bonds is 2. The highest BCUT2D eigenvalue weighted by molar-refractivity contribution is 5.60. The molecule has 2 aromatic rings. The molecule has 0 fully saturated rings. The number of nitrogens with zero attached hydrogens (tertiary/aromatic N) is 2. The van der Waals surface area contributed by atoms with E-state index in [4.69, 9.17) is 10.2 Å². The predicted octanol–water partition coefficient (Wildman–Crippen LogP) is 3.05. The fourth-order valence-corrected chi connectivity index (χ4v) is 1.85. The van der Waals surface area contributed by atoms with Gasteiger partial charge in [0.15, 0.2) is 0 Å². The summed E-state index contributed by atoms with van der Waals surface area (Å²) in [6.45, 7) is 8.31. The van der Waals surface area contributed by atoms with Crippen LogP contribution in [0.2, 0.25) is 0 Å². The molecule has 1 aromatic carbocycles. The van der Waals surface area contributed by atoms with Crippen LogP contribution in [0, 0.1) is 0 Å². The van der Waals surface area contributed by atoms with Crippen molar-refractivity contribution in [3.8, 4) is 11.5 Å². The maximum atomic E-state index is 5.73. The van der Waals surface area contributed by atoms with E-state index in [0.717, 1.165) is 5.56 Å². The van der Waals surface area contributed by atoms with Crippen LogP contribution in [0.15, 0.2) is 28.7 Å². The largest absolute Gasteiger partial charge is 0.419 e. The van der Waals surface area contributed by atoms with E-state index in [0.29, 0.717) is 11.8 Å². The van der Waals surface area contributed by atoms with Gasteiger partial charge in [-0.1, -0.05) is 39.0 Å². The molecule has 1 atom stereocenters. The zero-order chi connectivity index (χ0) is 13.3. The van der Waals surface area contributed by atoms with Crippen molar-refractivity contribution in [1.29, 1.82) is 0 Å². The van der Waals surface area contributed by atoms with Crippen molar-refractivity contribution in [2.75, 3.05) is 0 Å². The number of nitrogens with two attached hydrogens (primary N) is 1. The first-order valence-corrected chi connectivity index (χ1v) is 6.08. The highest BCUT2D eigenvalue weighted by Crippen LogP contribution is 2.32. The van der Waals surface area contributed by atoms with Gasteiger partial charge >= 0.3 is 0 Å². The Labute approximate surface area is 107 Å². The quantitative estimate of drug-likeness (QED) is 0.883. The summed E-state index contributed by atoms with van der Waals surface area (Å²) in [6.07, 6.45) is 0. The highest BCUT2D eigenvalue weighted by Gasteiger charge is 2.21. The SMILES string of the molecule is CC(N)c1nnc(-c2ccccc2C(C)(C)C)o1. The molecule has 96 valence electrons. The molecular weight excluding hydrogens is 226 g/mol. The van der Waals surface area contributed by atoms with Crippen LogP contribution < -0.4 is 5.73 Å². The summed E-state index contributed by atoms with van der Waals surface area (Å²) in [5, 5.41) is 8.06. The molecule has 0 aliphatic heterocycles. The van der Waals surface area contributed by atoms with Crippen molar-refractivity contribution in [3.05, 3.63) is 35.7 Å². The lowest BCUT2D eigenvalue weighted by atomic mass is 9.84. The Morgan fingerprint density at radius 3 is 2.39 bits per heavy atom. The van der Waals surface area contributed by atoms with Crippen LogP contribution in [0.3, 0.4) is 0 Å². The van der Waals surface area contributed by atoms with E-state index in [1.807, 2.05) is 25.1 Å². The lowest BCUT2D eigenvalue weighted by Crippen LogP contribution is -2.12. The molecule has 1 unspecified atom stereocenters. The van der Waals surface area contributed by atoms with Gasteiger partial charge in [0.25, 0.3) is 0 Å². The monoisotopic (exact) mass is 245 g/mol. The first kappa shape index (κ1) is 12.8. The van der Waals surface area contributed by atoms with Gasteiger partial charge in [0.2, 0.25) is 11.8 Å². The van der Waals surface area contributed by atoms with Crippen LogP contribution in [-0.2, 0) is 5.41 Å². The Bertz CT molecular complexity index is 538. The van der Waals surface area contributed by atoms with Crippen LogP contribution in [0.4, 0.5) is 0 Å². The zero-order valence-electron chi connectivity index (χ0n) is 11.3. The topological polar surface area (TPSA) is 64.9 Å². The van der Waals surface area contributed by atoms with Crippen LogP contribution in [0.1, 0.15) is 45.2 Å². The van der Waals surface area contributed by atoms with E-state index in [2.05, 4.69) is 37.0 Å². The minimum Gasteiger partial charge on any atom is -0.419 e. The van der Waals surface area contributed by atoms with Crippen LogP contribution in [0.25, 0.3) is 11.5 Å². The molecular formula is C14H19N3O. The standard InChI is InChI=1S/C14H19N3O/c1-9(15)12-16-17-13(18-12)10-7-5-6-8-11(10)14(2,3)4/h5-9H,15H2,1-4H3. The molecule has 4 nitrogen and oxygen atoms in total. The van der Waals surface area contributed by atoms with Crippen molar-refractivity contribution in [3.63, 3.8) is 0 Å². The second-order valence-electron chi connectivity index (χ2n) is 5.53. The maximum absolute atomic E-state index is 5.73. The van der Waals surface area contributed by atoms with E-state index in [1.165, 1.54) is 5.56 Å². The lowest BCUT2D eigenvalue weighted by molar-refractivity contribution is 0.471. The fraction of sp³-hybridized carbons (Fsp3) is 0.429. The third kappa shape index (κ3) is 2.43. The predicted molar refractivity (Wildman–Crippen MR) is 71.0 cm³/mol. The third-order valence-corrected chi connectivity index (χ3v) is 2.80. The second-order valence-corrected chi connectivity index (χ2v) is 5.53. The summed E-state index contributed by atoms with van der Waals surface area (Å²) in [7, 11) is 0. The number of aromatic nitrogens is 2. The van der Waals surface area contributed by atoms with E-state index in [-0.39, 0.29) is 11.5 Å². The van der Waals surface area contributed by atoms with Crippen molar-refractivity contribution in [1.82, 2.24) is 10.2 Å². The fourth-order valence-electron chi connectivity index (χ4n) is 1.85. The normalized spacial score (nSPS) is 13.6. The maximum Gasteiger partial charge on any atom is 0.248 e. The van der Waals surface area contributed by atoms with Gasteiger partial charge in [-0.05, 0) is 24.0 Å². The number of hydrogen-bond donors (Lipinski definition) is 1. The molecule has 0 radical (unpaired) electrons. The third-order valence-electron chi connectivity index (χ3n) is 2.80. The van der Waals surface area contributed by atoms with E-state index in [1.54, 1.807) is 0 Å². The minimum absolute atomic E-state index is 0.0273. The van der Waals surface area contributed by atoms with E-state index >= 15 is 0 Å². The van der Waals surface area contributed by atoms with Gasteiger partial charge in [0, 0.05) is 5.56 Å². The summed E-state index contributed by atoms with van der Waals surface area (Å²) < 4.78 is 5.62. The lowest BCUT2D eigenvalue weighted by Gasteiger charge is -2.21. The van der Waals surface area contributed by atoms with Gasteiger partial charge < -0.3 is 10.2 Å². The summed E-state index contributed by atoms with van der Waals surface area (Å²) in [5.41, 5.74) is 7.92. The smallest absolute Gasteiger partial charge is 0.248 e. The van der Waals surface area contributed by atoms with E-state index in [9.17, 15) is 0 Å². The molecule has 1 heterocycles. The molecule has 2 N–H and O–H groups in total. The van der Waals surface area contributed by atoms with Crippen LogP contribution in [-0.4, -0.2) is 10.2 Å². The van der Waals surface area contributed by atoms with Crippen LogP contribution >= 0.6 is 0 Å². The molecule has 4 heteroatoms. The summed E-state index contributed by atoms with van der Waals surface area (Å²) >= 11 is 0. The van der Waals surface area contributed by atoms with Gasteiger partial charge in [-0.25, -0.2) is 0 Å². The zero-order valence-corrected chi connectivity index (χ0v) is 11.3. The van der Waals surface area contributed by atoms with Crippen molar-refractivity contribution in [2.45, 2.75) is 39.2 Å². The number of benzene rings is 1. The molecule has 2 rings (SSSR count). The molecule has 0 amide bonds. The first-order chi connectivity index (χ1) is 8.39. The van der Waals surface area contributed by atoms with E-state index < -0.39 is 0 Å².